The first-order chi connectivity index (χ1) is 6.15. The molecule has 1 aromatic heterocycles. The molecule has 1 heterocycles. The highest BCUT2D eigenvalue weighted by Gasteiger charge is 2.14. The van der Waals surface area contributed by atoms with Crippen LogP contribution in [0.25, 0.3) is 0 Å². The van der Waals surface area contributed by atoms with Crippen molar-refractivity contribution >= 4 is 5.91 Å². The highest BCUT2D eigenvalue weighted by molar-refractivity contribution is 5.93. The van der Waals surface area contributed by atoms with Gasteiger partial charge in [0.1, 0.15) is 5.76 Å². The lowest BCUT2D eigenvalue weighted by atomic mass is 10.3. The van der Waals surface area contributed by atoms with Gasteiger partial charge in [-0.2, -0.15) is 0 Å². The van der Waals surface area contributed by atoms with E-state index in [2.05, 4.69) is 10.3 Å². The summed E-state index contributed by atoms with van der Waals surface area (Å²) in [4.78, 5) is 15.2. The molecule has 1 rings (SSSR count). The van der Waals surface area contributed by atoms with Gasteiger partial charge >= 0.3 is 0 Å². The Hall–Kier alpha value is -1.36. The number of aliphatic hydroxyl groups excluding tert-OH is 1. The number of aryl methyl sites for hydroxylation is 2. The molecule has 1 amide bonds. The minimum Gasteiger partial charge on any atom is -0.445 e. The number of aromatic nitrogens is 1. The number of nitrogens with one attached hydrogen (secondary N) is 1. The fourth-order valence-corrected chi connectivity index (χ4v) is 0.993. The standard InChI is InChI=1S/C8H12N2O3/c1-5-7(10-6(2)13-5)8(12)9-3-4-11/h11H,3-4H2,1-2H3,(H,9,12). The van der Waals surface area contributed by atoms with Gasteiger partial charge in [-0.25, -0.2) is 4.98 Å². The van der Waals surface area contributed by atoms with Gasteiger partial charge in [0.15, 0.2) is 11.6 Å². The van der Waals surface area contributed by atoms with Crippen molar-refractivity contribution < 1.29 is 14.3 Å². The molecular weight excluding hydrogens is 172 g/mol. The first-order valence-corrected chi connectivity index (χ1v) is 3.98. The number of carbonyl (C=O) groups is 1. The quantitative estimate of drug-likeness (QED) is 0.694. The maximum atomic E-state index is 11.3. The Kier molecular flexibility index (Phi) is 3.02. The SMILES string of the molecule is Cc1nc(C(=O)NCCO)c(C)o1. The Bertz CT molecular complexity index is 306. The van der Waals surface area contributed by atoms with Crippen molar-refractivity contribution in [3.05, 3.63) is 17.3 Å². The molecule has 1 aromatic rings. The van der Waals surface area contributed by atoms with Crippen LogP contribution in [-0.2, 0) is 0 Å². The number of aliphatic hydroxyl groups is 1. The van der Waals surface area contributed by atoms with Crippen molar-refractivity contribution in [3.63, 3.8) is 0 Å². The Labute approximate surface area is 75.8 Å². The molecule has 0 saturated carbocycles. The molecule has 0 atom stereocenters. The fourth-order valence-electron chi connectivity index (χ4n) is 0.993. The van der Waals surface area contributed by atoms with Gasteiger partial charge in [0.05, 0.1) is 6.61 Å². The lowest BCUT2D eigenvalue weighted by molar-refractivity contribution is 0.0939. The largest absolute Gasteiger partial charge is 0.445 e. The fraction of sp³-hybridized carbons (Fsp3) is 0.500. The smallest absolute Gasteiger partial charge is 0.273 e. The number of hydrogen-bond donors (Lipinski definition) is 2. The first kappa shape index (κ1) is 9.73. The normalized spacial score (nSPS) is 10.1. The molecule has 2 N–H and O–H groups in total. The van der Waals surface area contributed by atoms with E-state index in [1.807, 2.05) is 0 Å². The zero-order chi connectivity index (χ0) is 9.84. The molecule has 0 aliphatic rings. The molecule has 72 valence electrons. The van der Waals surface area contributed by atoms with Crippen molar-refractivity contribution in [2.45, 2.75) is 13.8 Å². The van der Waals surface area contributed by atoms with Crippen LogP contribution < -0.4 is 5.32 Å². The zero-order valence-electron chi connectivity index (χ0n) is 7.63. The molecule has 0 aliphatic heterocycles. The Morgan fingerprint density at radius 3 is 2.77 bits per heavy atom. The van der Waals surface area contributed by atoms with Crippen LogP contribution in [0.1, 0.15) is 22.1 Å². The third-order valence-electron chi connectivity index (χ3n) is 1.52. The van der Waals surface area contributed by atoms with Gasteiger partial charge in [-0.15, -0.1) is 0 Å². The molecule has 0 aliphatic carbocycles. The molecule has 13 heavy (non-hydrogen) atoms. The summed E-state index contributed by atoms with van der Waals surface area (Å²) in [5, 5.41) is 11.0. The number of hydrogen-bond acceptors (Lipinski definition) is 4. The number of nitrogens with zero attached hydrogens (tertiary/aromatic N) is 1. The molecule has 0 spiro atoms. The minimum absolute atomic E-state index is 0.0817. The van der Waals surface area contributed by atoms with Crippen molar-refractivity contribution in [2.75, 3.05) is 13.2 Å². The van der Waals surface area contributed by atoms with E-state index in [0.29, 0.717) is 11.7 Å². The van der Waals surface area contributed by atoms with Crippen molar-refractivity contribution in [1.29, 1.82) is 0 Å². The average Bonchev–Trinajstić information content (AvgIpc) is 2.41. The number of amides is 1. The van der Waals surface area contributed by atoms with E-state index in [0.717, 1.165) is 0 Å². The molecule has 0 unspecified atom stereocenters. The van der Waals surface area contributed by atoms with Gasteiger partial charge in [-0.1, -0.05) is 0 Å². The van der Waals surface area contributed by atoms with Gasteiger partial charge < -0.3 is 14.8 Å². The molecule has 5 nitrogen and oxygen atoms in total. The van der Waals surface area contributed by atoms with Crippen LogP contribution in [0.4, 0.5) is 0 Å². The summed E-state index contributed by atoms with van der Waals surface area (Å²) in [6.45, 7) is 3.50. The highest BCUT2D eigenvalue weighted by atomic mass is 16.4. The first-order valence-electron chi connectivity index (χ1n) is 3.98. The molecule has 5 heteroatoms. The third kappa shape index (κ3) is 2.29. The van der Waals surface area contributed by atoms with Crippen molar-refractivity contribution in [3.8, 4) is 0 Å². The summed E-state index contributed by atoms with van der Waals surface area (Å²) in [6.07, 6.45) is 0. The van der Waals surface area contributed by atoms with Crippen LogP contribution in [0.5, 0.6) is 0 Å². The monoisotopic (exact) mass is 184 g/mol. The van der Waals surface area contributed by atoms with Crippen LogP contribution in [0, 0.1) is 13.8 Å². The minimum atomic E-state index is -0.316. The van der Waals surface area contributed by atoms with E-state index in [-0.39, 0.29) is 24.8 Å². The molecule has 0 saturated heterocycles. The average molecular weight is 184 g/mol. The van der Waals surface area contributed by atoms with Crippen molar-refractivity contribution in [1.82, 2.24) is 10.3 Å². The number of rotatable bonds is 3. The second-order valence-corrected chi connectivity index (χ2v) is 2.62. The number of oxazole rings is 1. The predicted octanol–water partition coefficient (Wildman–Crippen LogP) is 0.0135. The molecule has 0 aromatic carbocycles. The maximum Gasteiger partial charge on any atom is 0.273 e. The second kappa shape index (κ2) is 4.04. The summed E-state index contributed by atoms with van der Waals surface area (Å²) >= 11 is 0. The molecule has 0 bridgehead atoms. The lowest BCUT2D eigenvalue weighted by Crippen LogP contribution is -2.27. The summed E-state index contributed by atoms with van der Waals surface area (Å²) in [6, 6.07) is 0. The number of carbonyl (C=O) groups excluding carboxylic acids is 1. The second-order valence-electron chi connectivity index (χ2n) is 2.62. The van der Waals surface area contributed by atoms with Crippen molar-refractivity contribution in [2.24, 2.45) is 0 Å². The Balaban J connectivity index is 2.70. The molecular formula is C8H12N2O3. The van der Waals surface area contributed by atoms with E-state index in [1.165, 1.54) is 0 Å². The summed E-state index contributed by atoms with van der Waals surface area (Å²) in [5.41, 5.74) is 0.283. The van der Waals surface area contributed by atoms with Gasteiger partial charge in [-0.3, -0.25) is 4.79 Å². The Morgan fingerprint density at radius 2 is 2.31 bits per heavy atom. The topological polar surface area (TPSA) is 75.4 Å². The van der Waals surface area contributed by atoms with Gasteiger partial charge in [0, 0.05) is 13.5 Å². The maximum absolute atomic E-state index is 11.3. The Morgan fingerprint density at radius 1 is 1.62 bits per heavy atom. The van der Waals surface area contributed by atoms with Crippen LogP contribution in [0.2, 0.25) is 0 Å². The molecule has 0 radical (unpaired) electrons. The summed E-state index contributed by atoms with van der Waals surface area (Å²) in [5.74, 6) is 0.642. The van der Waals surface area contributed by atoms with Crippen LogP contribution in [0.3, 0.4) is 0 Å². The zero-order valence-corrected chi connectivity index (χ0v) is 7.63. The lowest BCUT2D eigenvalue weighted by Gasteiger charge is -1.98. The molecule has 0 fully saturated rings. The van der Waals surface area contributed by atoms with Crippen LogP contribution >= 0.6 is 0 Å². The van der Waals surface area contributed by atoms with E-state index in [1.54, 1.807) is 13.8 Å². The summed E-state index contributed by atoms with van der Waals surface area (Å²) < 4.78 is 5.08. The summed E-state index contributed by atoms with van der Waals surface area (Å²) in [7, 11) is 0. The van der Waals surface area contributed by atoms with Crippen LogP contribution in [0.15, 0.2) is 4.42 Å². The van der Waals surface area contributed by atoms with E-state index in [9.17, 15) is 4.79 Å². The van der Waals surface area contributed by atoms with Gasteiger partial charge in [0.25, 0.3) is 5.91 Å². The van der Waals surface area contributed by atoms with Gasteiger partial charge in [0.2, 0.25) is 0 Å². The van der Waals surface area contributed by atoms with E-state index >= 15 is 0 Å². The predicted molar refractivity (Wildman–Crippen MR) is 45.4 cm³/mol. The highest BCUT2D eigenvalue weighted by Crippen LogP contribution is 2.07. The van der Waals surface area contributed by atoms with Crippen LogP contribution in [-0.4, -0.2) is 29.1 Å². The van der Waals surface area contributed by atoms with Gasteiger partial charge in [-0.05, 0) is 6.92 Å². The van der Waals surface area contributed by atoms with E-state index in [4.69, 9.17) is 9.52 Å². The van der Waals surface area contributed by atoms with E-state index < -0.39 is 0 Å². The third-order valence-corrected chi connectivity index (χ3v) is 1.52.